The predicted octanol–water partition coefficient (Wildman–Crippen LogP) is 2.10. The monoisotopic (exact) mass is 615 g/mol. The molecule has 13 heteroatoms. The largest absolute Gasteiger partial charge is 0.505 e. The number of nitrogens with one attached hydrogen (secondary N) is 1. The number of aromatic nitrogens is 2. The molecule has 2 fully saturated rings. The number of halogens is 1. The second-order valence-electron chi connectivity index (χ2n) is 11.0. The van der Waals surface area contributed by atoms with Crippen LogP contribution in [0.5, 0.6) is 5.75 Å². The third-order valence-electron chi connectivity index (χ3n) is 7.97. The third kappa shape index (κ3) is 7.58. The minimum atomic E-state index is -3.48. The molecular formula is C30H38FN5O6S. The molecule has 5 rings (SSSR count). The van der Waals surface area contributed by atoms with E-state index in [2.05, 4.69) is 15.2 Å². The van der Waals surface area contributed by atoms with E-state index in [0.29, 0.717) is 56.8 Å². The number of aryl methyl sites for hydroxylation is 1. The van der Waals surface area contributed by atoms with Crippen LogP contribution < -0.4 is 10.9 Å². The van der Waals surface area contributed by atoms with Crippen molar-refractivity contribution in [2.75, 3.05) is 58.2 Å². The topological polar surface area (TPSA) is 134 Å². The fraction of sp³-hybridized carbons (Fsp3) is 0.500. The van der Waals surface area contributed by atoms with Gasteiger partial charge in [-0.05, 0) is 68.0 Å². The molecule has 0 atom stereocenters. The molecule has 4 heterocycles. The molecule has 1 amide bonds. The number of morpholine rings is 1. The van der Waals surface area contributed by atoms with Gasteiger partial charge in [0.1, 0.15) is 16.9 Å². The van der Waals surface area contributed by atoms with Crippen LogP contribution in [0.15, 0.2) is 41.3 Å². The van der Waals surface area contributed by atoms with E-state index in [0.717, 1.165) is 38.0 Å². The van der Waals surface area contributed by atoms with Crippen LogP contribution in [0.1, 0.15) is 47.2 Å². The number of carbonyl (C=O) groups excluding carboxylic acids is 1. The lowest BCUT2D eigenvalue weighted by Gasteiger charge is -2.26. The lowest BCUT2D eigenvalue weighted by molar-refractivity contribution is 0.0374. The highest BCUT2D eigenvalue weighted by molar-refractivity contribution is 7.89. The van der Waals surface area contributed by atoms with Gasteiger partial charge in [-0.3, -0.25) is 19.5 Å². The zero-order valence-corrected chi connectivity index (χ0v) is 25.0. The Morgan fingerprint density at radius 1 is 1.02 bits per heavy atom. The zero-order chi connectivity index (χ0) is 30.4. The van der Waals surface area contributed by atoms with Crippen LogP contribution in [-0.4, -0.2) is 96.4 Å². The molecule has 0 bridgehead atoms. The number of hydrogen-bond acceptors (Lipinski definition) is 8. The second-order valence-corrected chi connectivity index (χ2v) is 13.1. The Kier molecular flexibility index (Phi) is 10.1. The minimum Gasteiger partial charge on any atom is -0.505 e. The molecule has 0 radical (unpaired) electrons. The smallest absolute Gasteiger partial charge is 0.267 e. The molecule has 43 heavy (non-hydrogen) atoms. The highest BCUT2D eigenvalue weighted by Gasteiger charge is 2.26. The third-order valence-corrected chi connectivity index (χ3v) is 9.92. The Bertz CT molecular complexity index is 1600. The number of rotatable bonds is 12. The van der Waals surface area contributed by atoms with Crippen LogP contribution in [0.3, 0.4) is 0 Å². The maximum Gasteiger partial charge on any atom is 0.267 e. The van der Waals surface area contributed by atoms with E-state index in [1.165, 1.54) is 21.0 Å². The molecule has 2 aliphatic heterocycles. The summed E-state index contributed by atoms with van der Waals surface area (Å²) in [7, 11) is -3.48. The fourth-order valence-corrected chi connectivity index (χ4v) is 7.19. The number of ether oxygens (including phenoxy) is 1. The number of amides is 1. The number of pyridine rings is 2. The van der Waals surface area contributed by atoms with Gasteiger partial charge in [0, 0.05) is 45.5 Å². The van der Waals surface area contributed by atoms with E-state index in [4.69, 9.17) is 4.74 Å². The van der Waals surface area contributed by atoms with Crippen molar-refractivity contribution in [1.29, 1.82) is 0 Å². The van der Waals surface area contributed by atoms with E-state index < -0.39 is 32.8 Å². The van der Waals surface area contributed by atoms with Crippen molar-refractivity contribution in [2.24, 2.45) is 0 Å². The highest BCUT2D eigenvalue weighted by atomic mass is 32.2. The first-order valence-electron chi connectivity index (χ1n) is 14.8. The molecule has 2 aliphatic rings. The van der Waals surface area contributed by atoms with Crippen molar-refractivity contribution in [3.8, 4) is 5.75 Å². The molecule has 3 aromatic rings. The summed E-state index contributed by atoms with van der Waals surface area (Å²) in [6.45, 7) is 5.09. The Hall–Kier alpha value is -3.39. The standard InChI is InChI=1S/C30H38FN5O6S/c31-24-7-5-22(6-8-24)19-23-20-25-27(33-21-23)28(37)26(29(38)32-9-3-10-34-14-16-42-17-15-34)30(39)36(25)13-4-18-43(40,41)35-11-1-2-12-35/h5-8,20-21,37H,1-4,9-19H2,(H,32,38). The van der Waals surface area contributed by atoms with Gasteiger partial charge in [0.05, 0.1) is 24.5 Å². The van der Waals surface area contributed by atoms with Crippen molar-refractivity contribution in [2.45, 2.75) is 38.6 Å². The van der Waals surface area contributed by atoms with Crippen molar-refractivity contribution in [3.05, 3.63) is 69.4 Å². The average molecular weight is 616 g/mol. The van der Waals surface area contributed by atoms with Gasteiger partial charge in [-0.15, -0.1) is 0 Å². The molecule has 11 nitrogen and oxygen atoms in total. The van der Waals surface area contributed by atoms with Gasteiger partial charge in [0.25, 0.3) is 11.5 Å². The van der Waals surface area contributed by atoms with Gasteiger partial charge in [0.15, 0.2) is 5.75 Å². The van der Waals surface area contributed by atoms with Gasteiger partial charge in [-0.2, -0.15) is 0 Å². The first-order valence-corrected chi connectivity index (χ1v) is 16.4. The number of carbonyl (C=O) groups is 1. The van der Waals surface area contributed by atoms with Crippen molar-refractivity contribution in [3.63, 3.8) is 0 Å². The van der Waals surface area contributed by atoms with Crippen LogP contribution in [0.2, 0.25) is 0 Å². The summed E-state index contributed by atoms with van der Waals surface area (Å²) in [4.78, 5) is 33.6. The summed E-state index contributed by atoms with van der Waals surface area (Å²) in [6, 6.07) is 7.72. The molecule has 232 valence electrons. The van der Waals surface area contributed by atoms with Crippen molar-refractivity contribution in [1.82, 2.24) is 24.1 Å². The first-order chi connectivity index (χ1) is 20.7. The van der Waals surface area contributed by atoms with Crippen LogP contribution in [-0.2, 0) is 27.7 Å². The summed E-state index contributed by atoms with van der Waals surface area (Å²) in [5, 5.41) is 13.8. The Morgan fingerprint density at radius 3 is 2.47 bits per heavy atom. The number of benzene rings is 1. The molecule has 2 aromatic heterocycles. The molecule has 0 aliphatic carbocycles. The van der Waals surface area contributed by atoms with Gasteiger partial charge in [0.2, 0.25) is 10.0 Å². The average Bonchev–Trinajstić information content (AvgIpc) is 3.55. The second kappa shape index (κ2) is 13.9. The summed E-state index contributed by atoms with van der Waals surface area (Å²) in [5.74, 6) is -1.72. The highest BCUT2D eigenvalue weighted by Crippen LogP contribution is 2.26. The summed E-state index contributed by atoms with van der Waals surface area (Å²) in [5.41, 5.74) is 0.769. The van der Waals surface area contributed by atoms with Gasteiger partial charge in [-0.1, -0.05) is 12.1 Å². The summed E-state index contributed by atoms with van der Waals surface area (Å²) in [6.07, 6.45) is 4.40. The normalized spacial score (nSPS) is 16.6. The van der Waals surface area contributed by atoms with Crippen LogP contribution in [0.4, 0.5) is 4.39 Å². The Labute approximate surface area is 250 Å². The Morgan fingerprint density at radius 2 is 1.74 bits per heavy atom. The molecule has 2 N–H and O–H groups in total. The van der Waals surface area contributed by atoms with E-state index in [1.807, 2.05) is 0 Å². The molecule has 0 unspecified atom stereocenters. The van der Waals surface area contributed by atoms with Crippen LogP contribution >= 0.6 is 0 Å². The van der Waals surface area contributed by atoms with Gasteiger partial charge in [-0.25, -0.2) is 17.1 Å². The molecule has 0 saturated carbocycles. The molecule has 0 spiro atoms. The molecule has 1 aromatic carbocycles. The van der Waals surface area contributed by atoms with E-state index in [9.17, 15) is 27.5 Å². The first kappa shape index (κ1) is 31.0. The summed E-state index contributed by atoms with van der Waals surface area (Å²) < 4.78 is 47.2. The molecular weight excluding hydrogens is 577 g/mol. The zero-order valence-electron chi connectivity index (χ0n) is 24.1. The minimum absolute atomic E-state index is 0.0156. The molecule has 2 saturated heterocycles. The SMILES string of the molecule is O=C(NCCCN1CCOCC1)c1c(O)c2ncc(Cc3ccc(F)cc3)cc2n(CCCS(=O)(=O)N2CCCC2)c1=O. The maximum absolute atomic E-state index is 13.7. The predicted molar refractivity (Wildman–Crippen MR) is 160 cm³/mol. The maximum atomic E-state index is 13.7. The Balaban J connectivity index is 1.40. The number of sulfonamides is 1. The number of aromatic hydroxyl groups is 1. The quantitative estimate of drug-likeness (QED) is 0.296. The summed E-state index contributed by atoms with van der Waals surface area (Å²) >= 11 is 0. The van der Waals surface area contributed by atoms with Crippen molar-refractivity contribution < 1.29 is 27.4 Å². The number of nitrogens with zero attached hydrogens (tertiary/aromatic N) is 4. The number of fused-ring (bicyclic) bond motifs is 1. The van der Waals surface area contributed by atoms with E-state index in [-0.39, 0.29) is 30.1 Å². The fourth-order valence-electron chi connectivity index (χ4n) is 5.63. The lowest BCUT2D eigenvalue weighted by atomic mass is 10.1. The van der Waals surface area contributed by atoms with Crippen LogP contribution in [0.25, 0.3) is 11.0 Å². The van der Waals surface area contributed by atoms with Crippen LogP contribution in [0, 0.1) is 5.82 Å². The lowest BCUT2D eigenvalue weighted by Crippen LogP contribution is -2.39. The van der Waals surface area contributed by atoms with E-state index in [1.54, 1.807) is 24.4 Å². The van der Waals surface area contributed by atoms with E-state index >= 15 is 0 Å². The number of hydrogen-bond donors (Lipinski definition) is 2. The van der Waals surface area contributed by atoms with Gasteiger partial charge >= 0.3 is 0 Å². The van der Waals surface area contributed by atoms with Crippen molar-refractivity contribution >= 4 is 27.0 Å². The van der Waals surface area contributed by atoms with Gasteiger partial charge < -0.3 is 19.7 Å².